The van der Waals surface area contributed by atoms with Crippen LogP contribution in [0.25, 0.3) is 0 Å². The fourth-order valence-electron chi connectivity index (χ4n) is 4.71. The average Bonchev–Trinajstić information content (AvgIpc) is 3.59. The SMILES string of the molecule is CC(=O)N1CCN(C(=O)C2CC(c3ccc(F)c(C)c3)CN(C(=O)C3CC3)C2)CC1. The van der Waals surface area contributed by atoms with Crippen molar-refractivity contribution < 1.29 is 18.8 Å². The van der Waals surface area contributed by atoms with Crippen LogP contribution in [-0.4, -0.2) is 71.7 Å². The summed E-state index contributed by atoms with van der Waals surface area (Å²) in [6.45, 7) is 6.51. The first-order valence-electron chi connectivity index (χ1n) is 10.9. The second-order valence-electron chi connectivity index (χ2n) is 8.99. The summed E-state index contributed by atoms with van der Waals surface area (Å²) < 4.78 is 13.8. The van der Waals surface area contributed by atoms with Crippen LogP contribution in [0.1, 0.15) is 43.2 Å². The van der Waals surface area contributed by atoms with Crippen molar-refractivity contribution in [3.8, 4) is 0 Å². The molecule has 3 fully saturated rings. The standard InChI is InChI=1S/C23H30FN3O3/c1-15-11-18(5-6-21(15)24)19-12-20(14-27(13-19)22(29)17-3-4-17)23(30)26-9-7-25(8-10-26)16(2)28/h5-6,11,17,19-20H,3-4,7-10,12-14H2,1-2H3. The molecule has 0 radical (unpaired) electrons. The molecule has 0 N–H and O–H groups in total. The van der Waals surface area contributed by atoms with Gasteiger partial charge in [0, 0.05) is 58.0 Å². The first-order valence-corrected chi connectivity index (χ1v) is 10.9. The van der Waals surface area contributed by atoms with E-state index in [2.05, 4.69) is 0 Å². The summed E-state index contributed by atoms with van der Waals surface area (Å²) in [6, 6.07) is 5.10. The van der Waals surface area contributed by atoms with Crippen molar-refractivity contribution in [2.24, 2.45) is 11.8 Å². The molecule has 2 heterocycles. The van der Waals surface area contributed by atoms with E-state index in [1.54, 1.807) is 24.8 Å². The Morgan fingerprint density at radius 2 is 1.53 bits per heavy atom. The largest absolute Gasteiger partial charge is 0.341 e. The number of carbonyl (C=O) groups is 3. The molecule has 7 heteroatoms. The summed E-state index contributed by atoms with van der Waals surface area (Å²) in [6.07, 6.45) is 2.52. The highest BCUT2D eigenvalue weighted by Gasteiger charge is 2.41. The Balaban J connectivity index is 1.51. The third kappa shape index (κ3) is 4.35. The van der Waals surface area contributed by atoms with E-state index in [-0.39, 0.29) is 41.3 Å². The van der Waals surface area contributed by atoms with Crippen LogP contribution in [0, 0.1) is 24.6 Å². The maximum absolute atomic E-state index is 13.8. The van der Waals surface area contributed by atoms with Crippen molar-refractivity contribution in [1.29, 1.82) is 0 Å². The number of likely N-dealkylation sites (tertiary alicyclic amines) is 1. The molecule has 30 heavy (non-hydrogen) atoms. The molecule has 3 aliphatic rings. The Bertz CT molecular complexity index is 846. The van der Waals surface area contributed by atoms with Crippen molar-refractivity contribution in [1.82, 2.24) is 14.7 Å². The van der Waals surface area contributed by atoms with Gasteiger partial charge in [0.1, 0.15) is 5.82 Å². The summed E-state index contributed by atoms with van der Waals surface area (Å²) in [5, 5.41) is 0. The number of nitrogens with zero attached hydrogens (tertiary/aromatic N) is 3. The van der Waals surface area contributed by atoms with Crippen molar-refractivity contribution in [2.75, 3.05) is 39.3 Å². The molecule has 2 unspecified atom stereocenters. The molecule has 2 saturated heterocycles. The highest BCUT2D eigenvalue weighted by atomic mass is 19.1. The minimum atomic E-state index is -0.263. The van der Waals surface area contributed by atoms with Gasteiger partial charge in [0.05, 0.1) is 5.92 Å². The second-order valence-corrected chi connectivity index (χ2v) is 8.99. The van der Waals surface area contributed by atoms with E-state index in [4.69, 9.17) is 0 Å². The highest BCUT2D eigenvalue weighted by Crippen LogP contribution is 2.37. The van der Waals surface area contributed by atoms with Crippen LogP contribution >= 0.6 is 0 Å². The van der Waals surface area contributed by atoms with Gasteiger partial charge in [-0.25, -0.2) is 4.39 Å². The number of amides is 3. The van der Waals surface area contributed by atoms with Gasteiger partial charge in [0.25, 0.3) is 0 Å². The zero-order valence-corrected chi connectivity index (χ0v) is 17.8. The Kier molecular flexibility index (Phi) is 5.80. The Labute approximate surface area is 177 Å². The lowest BCUT2D eigenvalue weighted by Crippen LogP contribution is -2.54. The molecule has 1 aliphatic carbocycles. The molecule has 2 aliphatic heterocycles. The van der Waals surface area contributed by atoms with Crippen LogP contribution in [0.2, 0.25) is 0 Å². The Hall–Kier alpha value is -2.44. The van der Waals surface area contributed by atoms with E-state index < -0.39 is 0 Å². The molecule has 162 valence electrons. The molecule has 0 spiro atoms. The zero-order chi connectivity index (χ0) is 21.4. The van der Waals surface area contributed by atoms with Gasteiger partial charge in [-0.2, -0.15) is 0 Å². The van der Waals surface area contributed by atoms with Crippen molar-refractivity contribution in [2.45, 2.75) is 39.0 Å². The van der Waals surface area contributed by atoms with Gasteiger partial charge in [-0.1, -0.05) is 12.1 Å². The smallest absolute Gasteiger partial charge is 0.227 e. The number of aryl methyl sites for hydroxylation is 1. The van der Waals surface area contributed by atoms with Gasteiger partial charge in [0.2, 0.25) is 17.7 Å². The molecule has 1 aromatic rings. The van der Waals surface area contributed by atoms with E-state index in [9.17, 15) is 18.8 Å². The number of hydrogen-bond acceptors (Lipinski definition) is 3. The van der Waals surface area contributed by atoms with Gasteiger partial charge in [-0.15, -0.1) is 0 Å². The molecule has 2 atom stereocenters. The number of carbonyl (C=O) groups excluding carboxylic acids is 3. The number of rotatable bonds is 3. The summed E-state index contributed by atoms with van der Waals surface area (Å²) in [5.74, 6) is -0.125. The fourth-order valence-corrected chi connectivity index (χ4v) is 4.71. The molecule has 1 saturated carbocycles. The lowest BCUT2D eigenvalue weighted by Gasteiger charge is -2.41. The molecule has 4 rings (SSSR count). The van der Waals surface area contributed by atoms with Gasteiger partial charge in [0.15, 0.2) is 0 Å². The van der Waals surface area contributed by atoms with Crippen molar-refractivity contribution in [3.63, 3.8) is 0 Å². The van der Waals surface area contributed by atoms with Crippen LogP contribution in [0.15, 0.2) is 18.2 Å². The van der Waals surface area contributed by atoms with E-state index in [0.29, 0.717) is 51.3 Å². The predicted molar refractivity (Wildman–Crippen MR) is 110 cm³/mol. The first kappa shape index (κ1) is 20.8. The maximum Gasteiger partial charge on any atom is 0.227 e. The zero-order valence-electron chi connectivity index (χ0n) is 17.8. The molecule has 6 nitrogen and oxygen atoms in total. The summed E-state index contributed by atoms with van der Waals surface area (Å²) in [4.78, 5) is 43.1. The number of hydrogen-bond donors (Lipinski definition) is 0. The third-order valence-electron chi connectivity index (χ3n) is 6.73. The van der Waals surface area contributed by atoms with E-state index in [1.807, 2.05) is 15.9 Å². The van der Waals surface area contributed by atoms with Crippen LogP contribution < -0.4 is 0 Å². The molecular formula is C23H30FN3O3. The third-order valence-corrected chi connectivity index (χ3v) is 6.73. The van der Waals surface area contributed by atoms with Crippen LogP contribution in [0.5, 0.6) is 0 Å². The molecule has 0 aromatic heterocycles. The Morgan fingerprint density at radius 3 is 2.13 bits per heavy atom. The van der Waals surface area contributed by atoms with Gasteiger partial charge >= 0.3 is 0 Å². The lowest BCUT2D eigenvalue weighted by atomic mass is 9.83. The van der Waals surface area contributed by atoms with Gasteiger partial charge in [-0.05, 0) is 43.4 Å². The van der Waals surface area contributed by atoms with E-state index >= 15 is 0 Å². The molecule has 0 bridgehead atoms. The van der Waals surface area contributed by atoms with Crippen LogP contribution in [0.3, 0.4) is 0 Å². The summed E-state index contributed by atoms with van der Waals surface area (Å²) in [7, 11) is 0. The summed E-state index contributed by atoms with van der Waals surface area (Å²) >= 11 is 0. The van der Waals surface area contributed by atoms with Gasteiger partial charge < -0.3 is 14.7 Å². The topological polar surface area (TPSA) is 60.9 Å². The highest BCUT2D eigenvalue weighted by molar-refractivity contribution is 5.84. The van der Waals surface area contributed by atoms with Crippen LogP contribution in [0.4, 0.5) is 4.39 Å². The average molecular weight is 416 g/mol. The number of piperidine rings is 1. The number of piperazine rings is 1. The molecule has 1 aromatic carbocycles. The normalized spacial score (nSPS) is 24.7. The van der Waals surface area contributed by atoms with Crippen molar-refractivity contribution >= 4 is 17.7 Å². The second kappa shape index (κ2) is 8.36. The van der Waals surface area contributed by atoms with E-state index in [0.717, 1.165) is 18.4 Å². The summed E-state index contributed by atoms with van der Waals surface area (Å²) in [5.41, 5.74) is 1.57. The minimum absolute atomic E-state index is 0.0215. The maximum atomic E-state index is 13.8. The van der Waals surface area contributed by atoms with E-state index in [1.165, 1.54) is 6.07 Å². The predicted octanol–water partition coefficient (Wildman–Crippen LogP) is 2.17. The molecular weight excluding hydrogens is 385 g/mol. The first-order chi connectivity index (χ1) is 14.3. The quantitative estimate of drug-likeness (QED) is 0.760. The Morgan fingerprint density at radius 1 is 0.900 bits per heavy atom. The lowest BCUT2D eigenvalue weighted by molar-refractivity contribution is -0.145. The number of halogens is 1. The minimum Gasteiger partial charge on any atom is -0.341 e. The van der Waals surface area contributed by atoms with Crippen LogP contribution in [-0.2, 0) is 14.4 Å². The molecule has 3 amide bonds. The van der Waals surface area contributed by atoms with Crippen molar-refractivity contribution in [3.05, 3.63) is 35.1 Å². The fraction of sp³-hybridized carbons (Fsp3) is 0.609. The monoisotopic (exact) mass is 415 g/mol. The van der Waals surface area contributed by atoms with Gasteiger partial charge in [-0.3, -0.25) is 14.4 Å². The number of benzene rings is 1.